The lowest BCUT2D eigenvalue weighted by molar-refractivity contribution is -0.169. The number of nitrogens with zero attached hydrogens (tertiary/aromatic N) is 1. The van der Waals surface area contributed by atoms with Crippen molar-refractivity contribution in [2.24, 2.45) is 5.41 Å². The van der Waals surface area contributed by atoms with Gasteiger partial charge in [-0.2, -0.15) is 13.2 Å². The van der Waals surface area contributed by atoms with Crippen molar-refractivity contribution in [3.05, 3.63) is 11.3 Å². The highest BCUT2D eigenvalue weighted by atomic mass is 19.4. The van der Waals surface area contributed by atoms with Gasteiger partial charge in [0.2, 0.25) is 0 Å². The molecule has 0 aromatic carbocycles. The van der Waals surface area contributed by atoms with Crippen LogP contribution in [0.2, 0.25) is 0 Å². The Kier molecular flexibility index (Phi) is 3.19. The first kappa shape index (κ1) is 13.4. The van der Waals surface area contributed by atoms with E-state index in [2.05, 4.69) is 0 Å². The summed E-state index contributed by atoms with van der Waals surface area (Å²) in [7, 11) is 0. The molecule has 0 aromatic heterocycles. The molecule has 2 nitrogen and oxygen atoms in total. The molecule has 5 heteroatoms. The van der Waals surface area contributed by atoms with E-state index in [9.17, 15) is 18.0 Å². The van der Waals surface area contributed by atoms with Crippen molar-refractivity contribution in [1.29, 1.82) is 0 Å². The first-order valence-corrected chi connectivity index (χ1v) is 6.46. The van der Waals surface area contributed by atoms with Crippen molar-refractivity contribution < 1.29 is 18.0 Å². The SMILES string of the molecule is CCN(CC)C1=C(C(=O)C(F)(F)F)C2(CCC2)C1. The van der Waals surface area contributed by atoms with Gasteiger partial charge in [0.1, 0.15) is 0 Å². The zero-order chi connectivity index (χ0) is 13.6. The molecular weight excluding hydrogens is 243 g/mol. The van der Waals surface area contributed by atoms with Gasteiger partial charge in [-0.25, -0.2) is 0 Å². The van der Waals surface area contributed by atoms with Crippen LogP contribution in [-0.4, -0.2) is 29.9 Å². The van der Waals surface area contributed by atoms with Crippen LogP contribution in [-0.2, 0) is 4.79 Å². The molecule has 0 amide bonds. The lowest BCUT2D eigenvalue weighted by Gasteiger charge is -2.54. The maximum absolute atomic E-state index is 12.7. The number of allylic oxidation sites excluding steroid dienone is 2. The van der Waals surface area contributed by atoms with E-state index in [4.69, 9.17) is 0 Å². The highest BCUT2D eigenvalue weighted by molar-refractivity contribution is 6.03. The van der Waals surface area contributed by atoms with Crippen molar-refractivity contribution in [3.8, 4) is 0 Å². The fraction of sp³-hybridized carbons (Fsp3) is 0.769. The molecule has 1 fully saturated rings. The standard InChI is InChI=1S/C13H18F3NO/c1-3-17(4-2)9-8-12(6-5-7-12)10(9)11(18)13(14,15)16/h3-8H2,1-2H3. The molecule has 0 heterocycles. The molecule has 0 saturated heterocycles. The predicted octanol–water partition coefficient (Wildman–Crippen LogP) is 3.29. The van der Waals surface area contributed by atoms with Crippen LogP contribution in [0.5, 0.6) is 0 Å². The van der Waals surface area contributed by atoms with Crippen molar-refractivity contribution in [3.63, 3.8) is 0 Å². The lowest BCUT2D eigenvalue weighted by atomic mass is 9.53. The average molecular weight is 261 g/mol. The van der Waals surface area contributed by atoms with E-state index in [0.717, 1.165) is 19.3 Å². The summed E-state index contributed by atoms with van der Waals surface area (Å²) in [6, 6.07) is 0. The molecule has 0 N–H and O–H groups in total. The van der Waals surface area contributed by atoms with Gasteiger partial charge in [-0.05, 0) is 33.1 Å². The number of ketones is 1. The van der Waals surface area contributed by atoms with Crippen LogP contribution in [0.1, 0.15) is 39.5 Å². The second-order valence-corrected chi connectivity index (χ2v) is 5.13. The molecule has 2 aliphatic rings. The maximum Gasteiger partial charge on any atom is 0.454 e. The largest absolute Gasteiger partial charge is 0.454 e. The number of rotatable bonds is 4. The fourth-order valence-electron chi connectivity index (χ4n) is 3.12. The highest BCUT2D eigenvalue weighted by Crippen LogP contribution is 2.61. The summed E-state index contributed by atoms with van der Waals surface area (Å²) >= 11 is 0. The van der Waals surface area contributed by atoms with Gasteiger partial charge in [0.05, 0.1) is 0 Å². The van der Waals surface area contributed by atoms with Crippen molar-refractivity contribution in [2.75, 3.05) is 13.1 Å². The third kappa shape index (κ3) is 1.84. The molecule has 1 saturated carbocycles. The highest BCUT2D eigenvalue weighted by Gasteiger charge is 2.58. The predicted molar refractivity (Wildman–Crippen MR) is 61.9 cm³/mol. The quantitative estimate of drug-likeness (QED) is 0.774. The van der Waals surface area contributed by atoms with Crippen LogP contribution >= 0.6 is 0 Å². The van der Waals surface area contributed by atoms with Gasteiger partial charge in [0.25, 0.3) is 5.78 Å². The summed E-state index contributed by atoms with van der Waals surface area (Å²) in [4.78, 5) is 13.5. The van der Waals surface area contributed by atoms with E-state index in [1.165, 1.54) is 0 Å². The minimum Gasteiger partial charge on any atom is -0.375 e. The summed E-state index contributed by atoms with van der Waals surface area (Å²) < 4.78 is 38.0. The molecular formula is C13H18F3NO. The van der Waals surface area contributed by atoms with Crippen molar-refractivity contribution in [2.45, 2.75) is 45.7 Å². The molecule has 2 aliphatic carbocycles. The average Bonchev–Trinajstić information content (AvgIpc) is 2.19. The smallest absolute Gasteiger partial charge is 0.375 e. The van der Waals surface area contributed by atoms with E-state index in [1.54, 1.807) is 0 Å². The molecule has 0 atom stereocenters. The number of Topliss-reactive ketones (excluding diaryl/α,β-unsaturated/α-hetero) is 1. The Hall–Kier alpha value is -1.00. The minimum absolute atomic E-state index is 0.0601. The molecule has 0 unspecified atom stereocenters. The Labute approximate surface area is 105 Å². The normalized spacial score (nSPS) is 21.6. The second-order valence-electron chi connectivity index (χ2n) is 5.13. The van der Waals surface area contributed by atoms with Gasteiger partial charge in [-0.3, -0.25) is 4.79 Å². The monoisotopic (exact) mass is 261 g/mol. The van der Waals surface area contributed by atoms with Gasteiger partial charge in [-0.15, -0.1) is 0 Å². The third-order valence-electron chi connectivity index (χ3n) is 4.27. The maximum atomic E-state index is 12.7. The van der Waals surface area contributed by atoms with Gasteiger partial charge in [0.15, 0.2) is 0 Å². The molecule has 102 valence electrons. The summed E-state index contributed by atoms with van der Waals surface area (Å²) in [5, 5.41) is 0. The van der Waals surface area contributed by atoms with Crippen LogP contribution in [0.15, 0.2) is 11.3 Å². The van der Waals surface area contributed by atoms with E-state index < -0.39 is 17.4 Å². The summed E-state index contributed by atoms with van der Waals surface area (Å²) in [5.41, 5.74) is 0.247. The number of carbonyl (C=O) groups is 1. The van der Waals surface area contributed by atoms with E-state index >= 15 is 0 Å². The van der Waals surface area contributed by atoms with Crippen LogP contribution < -0.4 is 0 Å². The van der Waals surface area contributed by atoms with Gasteiger partial charge in [0, 0.05) is 29.8 Å². The number of alkyl halides is 3. The lowest BCUT2D eigenvalue weighted by Crippen LogP contribution is -2.50. The van der Waals surface area contributed by atoms with E-state index in [0.29, 0.717) is 25.2 Å². The molecule has 1 spiro atoms. The molecule has 2 rings (SSSR count). The Morgan fingerprint density at radius 3 is 2.17 bits per heavy atom. The number of halogens is 3. The van der Waals surface area contributed by atoms with Crippen LogP contribution in [0, 0.1) is 5.41 Å². The second kappa shape index (κ2) is 4.28. The third-order valence-corrected chi connectivity index (χ3v) is 4.27. The van der Waals surface area contributed by atoms with Crippen LogP contribution in [0.25, 0.3) is 0 Å². The zero-order valence-electron chi connectivity index (χ0n) is 10.7. The summed E-state index contributed by atoms with van der Waals surface area (Å²) in [6.07, 6.45) is -1.70. The van der Waals surface area contributed by atoms with Gasteiger partial charge in [-0.1, -0.05) is 6.42 Å². The van der Waals surface area contributed by atoms with Gasteiger partial charge < -0.3 is 4.90 Å². The van der Waals surface area contributed by atoms with Gasteiger partial charge >= 0.3 is 6.18 Å². The summed E-state index contributed by atoms with van der Waals surface area (Å²) in [6.45, 7) is 5.10. The molecule has 0 bridgehead atoms. The molecule has 0 aliphatic heterocycles. The number of hydrogen-bond acceptors (Lipinski definition) is 2. The molecule has 0 radical (unpaired) electrons. The Morgan fingerprint density at radius 1 is 1.28 bits per heavy atom. The van der Waals surface area contributed by atoms with E-state index in [1.807, 2.05) is 18.7 Å². The zero-order valence-corrected chi connectivity index (χ0v) is 10.7. The molecule has 0 aromatic rings. The first-order valence-electron chi connectivity index (χ1n) is 6.46. The van der Waals surface area contributed by atoms with Crippen LogP contribution in [0.4, 0.5) is 13.2 Å². The number of hydrogen-bond donors (Lipinski definition) is 0. The Morgan fingerprint density at radius 2 is 1.83 bits per heavy atom. The minimum atomic E-state index is -4.74. The van der Waals surface area contributed by atoms with Crippen LogP contribution in [0.3, 0.4) is 0 Å². The van der Waals surface area contributed by atoms with E-state index in [-0.39, 0.29) is 5.57 Å². The van der Waals surface area contributed by atoms with Crippen molar-refractivity contribution >= 4 is 5.78 Å². The first-order chi connectivity index (χ1) is 8.35. The topological polar surface area (TPSA) is 20.3 Å². The summed E-state index contributed by atoms with van der Waals surface area (Å²) in [5.74, 6) is -1.62. The molecule has 18 heavy (non-hydrogen) atoms. The Balaban J connectivity index is 2.35. The van der Waals surface area contributed by atoms with Crippen molar-refractivity contribution in [1.82, 2.24) is 4.90 Å². The fourth-order valence-corrected chi connectivity index (χ4v) is 3.12. The number of carbonyl (C=O) groups excluding carboxylic acids is 1. The Bertz CT molecular complexity index is 390.